The van der Waals surface area contributed by atoms with Crippen LogP contribution in [-0.4, -0.2) is 42.0 Å². The maximum Gasteiger partial charge on any atom is 0.326 e. The molecule has 2 N–H and O–H groups in total. The van der Waals surface area contributed by atoms with Crippen LogP contribution in [0.3, 0.4) is 0 Å². The van der Waals surface area contributed by atoms with Crippen molar-refractivity contribution in [3.05, 3.63) is 137 Å². The van der Waals surface area contributed by atoms with Gasteiger partial charge in [0.15, 0.2) is 5.78 Å². The highest BCUT2D eigenvalue weighted by atomic mass is 35.5. The molecule has 0 aliphatic carbocycles. The Bertz CT molecular complexity index is 1550. The number of ketones is 1. The van der Waals surface area contributed by atoms with Crippen LogP contribution < -0.4 is 15.0 Å². The third-order valence-corrected chi connectivity index (χ3v) is 6.82. The summed E-state index contributed by atoms with van der Waals surface area (Å²) < 4.78 is 5.88. The van der Waals surface area contributed by atoms with Gasteiger partial charge >= 0.3 is 5.97 Å². The standard InChI is InChI=1S/C34H31ClN2O5/c1-2-10-32(38)37(31-16-9-7-14-28(31)35)21-22-42-26-19-17-24(18-20-26)23-30(34(40)41)36-29-15-8-6-13-27(29)33(39)25-11-4-3-5-12-25/h2-20,30,36H,21-23H2,1H3,(H,40,41)/t30-/m0/s1. The van der Waals surface area contributed by atoms with E-state index in [1.165, 1.54) is 6.08 Å². The summed E-state index contributed by atoms with van der Waals surface area (Å²) in [5, 5.41) is 13.5. The van der Waals surface area contributed by atoms with Gasteiger partial charge in [-0.3, -0.25) is 9.59 Å². The first-order valence-corrected chi connectivity index (χ1v) is 13.8. The summed E-state index contributed by atoms with van der Waals surface area (Å²) in [4.78, 5) is 39.4. The molecule has 0 radical (unpaired) electrons. The van der Waals surface area contributed by atoms with E-state index in [1.54, 1.807) is 109 Å². The lowest BCUT2D eigenvalue weighted by molar-refractivity contribution is -0.137. The number of carbonyl (C=O) groups excluding carboxylic acids is 2. The van der Waals surface area contributed by atoms with Gasteiger partial charge in [0.05, 0.1) is 17.3 Å². The van der Waals surface area contributed by atoms with Gasteiger partial charge in [-0.1, -0.05) is 84.4 Å². The first-order valence-electron chi connectivity index (χ1n) is 13.5. The summed E-state index contributed by atoms with van der Waals surface area (Å²) in [5.74, 6) is -0.855. The molecule has 1 amide bonds. The molecule has 214 valence electrons. The number of halogens is 1. The van der Waals surface area contributed by atoms with E-state index in [0.717, 1.165) is 5.56 Å². The van der Waals surface area contributed by atoms with Gasteiger partial charge in [-0.15, -0.1) is 0 Å². The fourth-order valence-corrected chi connectivity index (χ4v) is 4.64. The predicted octanol–water partition coefficient (Wildman–Crippen LogP) is 6.67. The lowest BCUT2D eigenvalue weighted by Crippen LogP contribution is -2.33. The molecule has 1 atom stereocenters. The molecule has 0 spiro atoms. The number of aliphatic carboxylic acids is 1. The molecule has 0 bridgehead atoms. The minimum atomic E-state index is -1.04. The van der Waals surface area contributed by atoms with Crippen LogP contribution in [0.15, 0.2) is 115 Å². The van der Waals surface area contributed by atoms with Crippen LogP contribution in [0.1, 0.15) is 28.4 Å². The Labute approximate surface area is 250 Å². The van der Waals surface area contributed by atoms with Crippen molar-refractivity contribution in [3.8, 4) is 5.75 Å². The number of rotatable bonds is 13. The summed E-state index contributed by atoms with van der Waals surface area (Å²) in [6.07, 6.45) is 3.33. The van der Waals surface area contributed by atoms with Gasteiger partial charge in [0.1, 0.15) is 18.4 Å². The van der Waals surface area contributed by atoms with Crippen molar-refractivity contribution in [2.45, 2.75) is 19.4 Å². The Morgan fingerprint density at radius 3 is 2.26 bits per heavy atom. The molecule has 0 saturated heterocycles. The van der Waals surface area contributed by atoms with Crippen LogP contribution in [-0.2, 0) is 16.0 Å². The lowest BCUT2D eigenvalue weighted by Gasteiger charge is -2.22. The highest BCUT2D eigenvalue weighted by Gasteiger charge is 2.21. The molecular formula is C34H31ClN2O5. The van der Waals surface area contributed by atoms with Crippen LogP contribution >= 0.6 is 11.6 Å². The molecule has 4 aromatic carbocycles. The molecule has 0 aromatic heterocycles. The van der Waals surface area contributed by atoms with Gasteiger partial charge in [0.2, 0.25) is 0 Å². The second kappa shape index (κ2) is 14.7. The number of nitrogens with one attached hydrogen (secondary N) is 1. The molecule has 0 saturated carbocycles. The number of carboxylic acids is 1. The highest BCUT2D eigenvalue weighted by molar-refractivity contribution is 6.34. The fraction of sp³-hybridized carbons (Fsp3) is 0.147. The summed E-state index contributed by atoms with van der Waals surface area (Å²) in [6, 6.07) is 29.0. The van der Waals surface area contributed by atoms with E-state index < -0.39 is 12.0 Å². The quantitative estimate of drug-likeness (QED) is 0.135. The SMILES string of the molecule is CC=CC(=O)N(CCOc1ccc(C[C@H](Nc2ccccc2C(=O)c2ccccc2)C(=O)O)cc1)c1ccccc1Cl. The third kappa shape index (κ3) is 7.86. The number of allylic oxidation sites excluding steroid dienone is 1. The van der Waals surface area contributed by atoms with E-state index in [0.29, 0.717) is 33.3 Å². The number of benzene rings is 4. The number of carboxylic acid groups (broad SMARTS) is 1. The molecule has 0 unspecified atom stereocenters. The average molecular weight is 583 g/mol. The molecule has 7 nitrogen and oxygen atoms in total. The summed E-state index contributed by atoms with van der Waals surface area (Å²) in [7, 11) is 0. The van der Waals surface area contributed by atoms with Crippen molar-refractivity contribution >= 4 is 40.6 Å². The number of para-hydroxylation sites is 2. The Balaban J connectivity index is 1.40. The number of hydrogen-bond donors (Lipinski definition) is 2. The van der Waals surface area contributed by atoms with Gasteiger partial charge in [-0.25, -0.2) is 4.79 Å². The van der Waals surface area contributed by atoms with Gasteiger partial charge in [-0.05, 0) is 55.0 Å². The van der Waals surface area contributed by atoms with Gasteiger partial charge in [-0.2, -0.15) is 0 Å². The van der Waals surface area contributed by atoms with E-state index in [2.05, 4.69) is 5.32 Å². The Morgan fingerprint density at radius 1 is 0.905 bits per heavy atom. The first-order chi connectivity index (χ1) is 20.4. The maximum absolute atomic E-state index is 13.1. The largest absolute Gasteiger partial charge is 0.492 e. The van der Waals surface area contributed by atoms with Crippen molar-refractivity contribution in [2.24, 2.45) is 0 Å². The maximum atomic E-state index is 13.1. The topological polar surface area (TPSA) is 95.9 Å². The fourth-order valence-electron chi connectivity index (χ4n) is 4.40. The number of amides is 1. The molecule has 0 aliphatic rings. The van der Waals surface area contributed by atoms with Crippen LogP contribution in [0.5, 0.6) is 5.75 Å². The zero-order valence-corrected chi connectivity index (χ0v) is 23.8. The average Bonchev–Trinajstić information content (AvgIpc) is 3.00. The Kier molecular flexibility index (Phi) is 10.5. The van der Waals surface area contributed by atoms with Gasteiger partial charge in [0.25, 0.3) is 5.91 Å². The van der Waals surface area contributed by atoms with Crippen molar-refractivity contribution in [3.63, 3.8) is 0 Å². The molecule has 42 heavy (non-hydrogen) atoms. The number of anilines is 2. The van der Waals surface area contributed by atoms with Gasteiger partial charge in [0, 0.05) is 23.2 Å². The normalized spacial score (nSPS) is 11.6. The third-order valence-electron chi connectivity index (χ3n) is 6.50. The first kappa shape index (κ1) is 30.1. The molecule has 8 heteroatoms. The molecule has 0 heterocycles. The predicted molar refractivity (Wildman–Crippen MR) is 166 cm³/mol. The molecular weight excluding hydrogens is 552 g/mol. The molecule has 4 aromatic rings. The van der Waals surface area contributed by atoms with Crippen molar-refractivity contribution in [1.82, 2.24) is 0 Å². The zero-order valence-electron chi connectivity index (χ0n) is 23.1. The van der Waals surface area contributed by atoms with Gasteiger partial charge < -0.3 is 20.1 Å². The monoisotopic (exact) mass is 582 g/mol. The van der Waals surface area contributed by atoms with Crippen LogP contribution in [0.2, 0.25) is 5.02 Å². The Morgan fingerprint density at radius 2 is 1.57 bits per heavy atom. The van der Waals surface area contributed by atoms with Crippen LogP contribution in [0.4, 0.5) is 11.4 Å². The smallest absolute Gasteiger partial charge is 0.326 e. The van der Waals surface area contributed by atoms with E-state index in [-0.39, 0.29) is 31.3 Å². The van der Waals surface area contributed by atoms with Crippen molar-refractivity contribution in [2.75, 3.05) is 23.4 Å². The Hall–Kier alpha value is -4.88. The van der Waals surface area contributed by atoms with Crippen molar-refractivity contribution < 1.29 is 24.2 Å². The summed E-state index contributed by atoms with van der Waals surface area (Å²) in [5.41, 5.74) is 2.75. The lowest BCUT2D eigenvalue weighted by atomic mass is 10.00. The number of carbonyl (C=O) groups is 3. The van der Waals surface area contributed by atoms with Crippen molar-refractivity contribution in [1.29, 1.82) is 0 Å². The number of ether oxygens (including phenoxy) is 1. The minimum Gasteiger partial charge on any atom is -0.492 e. The van der Waals surface area contributed by atoms with Crippen LogP contribution in [0.25, 0.3) is 0 Å². The molecule has 4 rings (SSSR count). The highest BCUT2D eigenvalue weighted by Crippen LogP contribution is 2.26. The van der Waals surface area contributed by atoms with E-state index in [9.17, 15) is 19.5 Å². The summed E-state index contributed by atoms with van der Waals surface area (Å²) in [6.45, 7) is 2.27. The molecule has 0 aliphatic heterocycles. The van der Waals surface area contributed by atoms with E-state index in [1.807, 2.05) is 12.1 Å². The van der Waals surface area contributed by atoms with E-state index >= 15 is 0 Å². The summed E-state index contributed by atoms with van der Waals surface area (Å²) >= 11 is 6.32. The second-order valence-corrected chi connectivity index (χ2v) is 9.82. The molecule has 0 fully saturated rings. The zero-order chi connectivity index (χ0) is 29.9. The minimum absolute atomic E-state index is 0.182. The number of nitrogens with zero attached hydrogens (tertiary/aromatic N) is 1. The second-order valence-electron chi connectivity index (χ2n) is 9.41. The van der Waals surface area contributed by atoms with E-state index in [4.69, 9.17) is 16.3 Å². The number of hydrogen-bond acceptors (Lipinski definition) is 5. The van der Waals surface area contributed by atoms with Crippen LogP contribution in [0, 0.1) is 0 Å².